The first-order chi connectivity index (χ1) is 12.6. The van der Waals surface area contributed by atoms with Gasteiger partial charge in [0, 0.05) is 22.1 Å². The zero-order valence-electron chi connectivity index (χ0n) is 16.7. The zero-order chi connectivity index (χ0) is 20.1. The highest BCUT2D eigenvalue weighted by molar-refractivity contribution is 6.27. The summed E-state index contributed by atoms with van der Waals surface area (Å²) in [5.74, 6) is -0.353. The minimum Gasteiger partial charge on any atom is -0.507 e. The van der Waals surface area contributed by atoms with E-state index in [1.54, 1.807) is 6.92 Å². The summed E-state index contributed by atoms with van der Waals surface area (Å²) in [6, 6.07) is 1.39. The lowest BCUT2D eigenvalue weighted by atomic mass is 9.73. The second-order valence-corrected chi connectivity index (χ2v) is 7.84. The third kappa shape index (κ3) is 2.76. The number of phenols is 1. The Kier molecular flexibility index (Phi) is 4.66. The summed E-state index contributed by atoms with van der Waals surface area (Å²) in [6.45, 7) is 9.64. The van der Waals surface area contributed by atoms with Crippen molar-refractivity contribution < 1.29 is 24.2 Å². The van der Waals surface area contributed by atoms with Crippen molar-refractivity contribution in [2.75, 3.05) is 7.11 Å². The van der Waals surface area contributed by atoms with Crippen molar-refractivity contribution in [1.82, 2.24) is 0 Å². The number of methoxy groups -OCH3 is 1. The Morgan fingerprint density at radius 1 is 1.33 bits per heavy atom. The SMILES string of the molecule is COC1=C(C)C(=O)c2c(cc(O)c3c2O[C@H](C)[C@@]3(C)CCC=C(C)C)C1=O. The van der Waals surface area contributed by atoms with Gasteiger partial charge in [-0.15, -0.1) is 0 Å². The number of rotatable bonds is 4. The summed E-state index contributed by atoms with van der Waals surface area (Å²) in [5, 5.41) is 10.8. The number of allylic oxidation sites excluding steroid dienone is 4. The molecule has 1 aromatic carbocycles. The van der Waals surface area contributed by atoms with Crippen LogP contribution in [-0.2, 0) is 10.2 Å². The predicted molar refractivity (Wildman–Crippen MR) is 103 cm³/mol. The molecule has 1 aliphatic carbocycles. The van der Waals surface area contributed by atoms with Crippen molar-refractivity contribution in [3.8, 4) is 11.5 Å². The van der Waals surface area contributed by atoms with Crippen LogP contribution >= 0.6 is 0 Å². The molecule has 2 aliphatic rings. The standard InChI is InChI=1S/C22H26O5/c1-11(2)8-7-9-22(5)13(4)27-21-16-14(10-15(23)17(21)22)19(25)20(26-6)12(3)18(16)24/h8,10,13,23H,7,9H2,1-6H3/t13-,22-/m1/s1. The number of ketones is 2. The van der Waals surface area contributed by atoms with Crippen LogP contribution in [0.2, 0.25) is 0 Å². The Morgan fingerprint density at radius 3 is 2.59 bits per heavy atom. The predicted octanol–water partition coefficient (Wildman–Crippen LogP) is 4.48. The second kappa shape index (κ2) is 6.55. The maximum absolute atomic E-state index is 13.0. The van der Waals surface area contributed by atoms with Crippen LogP contribution in [0.1, 0.15) is 73.7 Å². The van der Waals surface area contributed by atoms with Crippen LogP contribution in [-0.4, -0.2) is 29.9 Å². The first kappa shape index (κ1) is 19.2. The fourth-order valence-electron chi connectivity index (χ4n) is 4.05. The molecule has 0 bridgehead atoms. The van der Waals surface area contributed by atoms with Crippen LogP contribution in [0, 0.1) is 0 Å². The normalized spacial score (nSPS) is 23.7. The van der Waals surface area contributed by atoms with E-state index in [1.165, 1.54) is 18.7 Å². The van der Waals surface area contributed by atoms with Gasteiger partial charge in [-0.2, -0.15) is 0 Å². The van der Waals surface area contributed by atoms with Crippen LogP contribution in [0.25, 0.3) is 0 Å². The van der Waals surface area contributed by atoms with Crippen molar-refractivity contribution in [2.24, 2.45) is 0 Å². The lowest BCUT2D eigenvalue weighted by molar-refractivity contribution is 0.0902. The van der Waals surface area contributed by atoms with Gasteiger partial charge in [-0.1, -0.05) is 18.6 Å². The van der Waals surface area contributed by atoms with Gasteiger partial charge in [0.1, 0.15) is 17.6 Å². The van der Waals surface area contributed by atoms with Gasteiger partial charge in [0.05, 0.1) is 12.7 Å². The molecule has 0 saturated carbocycles. The molecule has 1 aliphatic heterocycles. The van der Waals surface area contributed by atoms with E-state index in [0.717, 1.165) is 12.8 Å². The number of Topliss-reactive ketones (excluding diaryl/α,β-unsaturated/α-hetero) is 2. The van der Waals surface area contributed by atoms with Crippen LogP contribution in [0.3, 0.4) is 0 Å². The summed E-state index contributed by atoms with van der Waals surface area (Å²) >= 11 is 0. The molecule has 144 valence electrons. The lowest BCUT2D eigenvalue weighted by Gasteiger charge is -2.28. The number of hydrogen-bond acceptors (Lipinski definition) is 5. The molecule has 2 atom stereocenters. The van der Waals surface area contributed by atoms with Crippen molar-refractivity contribution in [3.63, 3.8) is 0 Å². The Labute approximate surface area is 159 Å². The van der Waals surface area contributed by atoms with Crippen LogP contribution < -0.4 is 4.74 Å². The Hall–Kier alpha value is -2.56. The molecule has 1 N–H and O–H groups in total. The number of aromatic hydroxyl groups is 1. The molecule has 0 unspecified atom stereocenters. The van der Waals surface area contributed by atoms with Crippen LogP contribution in [0.15, 0.2) is 29.0 Å². The van der Waals surface area contributed by atoms with E-state index in [9.17, 15) is 14.7 Å². The number of fused-ring (bicyclic) bond motifs is 3. The van der Waals surface area contributed by atoms with Crippen molar-refractivity contribution in [2.45, 2.75) is 59.0 Å². The van der Waals surface area contributed by atoms with Gasteiger partial charge in [0.15, 0.2) is 11.5 Å². The van der Waals surface area contributed by atoms with Crippen molar-refractivity contribution in [1.29, 1.82) is 0 Å². The minimum absolute atomic E-state index is 0.0102. The molecule has 5 nitrogen and oxygen atoms in total. The van der Waals surface area contributed by atoms with E-state index in [2.05, 4.69) is 6.08 Å². The number of carbonyl (C=O) groups excluding carboxylic acids is 2. The van der Waals surface area contributed by atoms with E-state index >= 15 is 0 Å². The van der Waals surface area contributed by atoms with E-state index in [4.69, 9.17) is 9.47 Å². The van der Waals surface area contributed by atoms with E-state index in [-0.39, 0.29) is 40.1 Å². The number of benzene rings is 1. The molecule has 27 heavy (non-hydrogen) atoms. The zero-order valence-corrected chi connectivity index (χ0v) is 16.7. The van der Waals surface area contributed by atoms with Gasteiger partial charge < -0.3 is 14.6 Å². The number of hydrogen-bond donors (Lipinski definition) is 1. The molecule has 0 amide bonds. The Morgan fingerprint density at radius 2 is 2.00 bits per heavy atom. The third-order valence-corrected chi connectivity index (χ3v) is 5.80. The lowest BCUT2D eigenvalue weighted by Crippen LogP contribution is -2.32. The first-order valence-corrected chi connectivity index (χ1v) is 9.18. The molecule has 0 radical (unpaired) electrons. The molecule has 1 aromatic rings. The largest absolute Gasteiger partial charge is 0.507 e. The number of phenolic OH excluding ortho intramolecular Hbond substituents is 1. The molecule has 0 saturated heterocycles. The third-order valence-electron chi connectivity index (χ3n) is 5.80. The van der Waals surface area contributed by atoms with E-state index < -0.39 is 11.2 Å². The summed E-state index contributed by atoms with van der Waals surface area (Å²) in [6.07, 6.45) is 3.52. The highest BCUT2D eigenvalue weighted by Crippen LogP contribution is 2.53. The van der Waals surface area contributed by atoms with Gasteiger partial charge in [-0.25, -0.2) is 0 Å². The fourth-order valence-corrected chi connectivity index (χ4v) is 4.05. The summed E-state index contributed by atoms with van der Waals surface area (Å²) in [5.41, 5.74) is 2.03. The quantitative estimate of drug-likeness (QED) is 0.791. The number of carbonyl (C=O) groups is 2. The topological polar surface area (TPSA) is 72.8 Å². The molecular formula is C22H26O5. The van der Waals surface area contributed by atoms with E-state index in [0.29, 0.717) is 11.3 Å². The summed E-state index contributed by atoms with van der Waals surface area (Å²) < 4.78 is 11.2. The van der Waals surface area contributed by atoms with E-state index in [1.807, 2.05) is 27.7 Å². The summed E-state index contributed by atoms with van der Waals surface area (Å²) in [4.78, 5) is 25.7. The van der Waals surface area contributed by atoms with Gasteiger partial charge in [0.2, 0.25) is 5.78 Å². The highest BCUT2D eigenvalue weighted by Gasteiger charge is 2.48. The summed E-state index contributed by atoms with van der Waals surface area (Å²) in [7, 11) is 1.36. The monoisotopic (exact) mass is 370 g/mol. The molecule has 0 spiro atoms. The Balaban J connectivity index is 2.18. The number of ether oxygens (including phenoxy) is 2. The molecule has 0 aromatic heterocycles. The van der Waals surface area contributed by atoms with Crippen LogP contribution in [0.5, 0.6) is 11.5 Å². The maximum atomic E-state index is 13.0. The van der Waals surface area contributed by atoms with Gasteiger partial charge in [-0.05, 0) is 46.6 Å². The average Bonchev–Trinajstić information content (AvgIpc) is 2.85. The molecule has 1 heterocycles. The van der Waals surface area contributed by atoms with Gasteiger partial charge in [-0.3, -0.25) is 9.59 Å². The molecule has 3 rings (SSSR count). The van der Waals surface area contributed by atoms with Crippen LogP contribution in [0.4, 0.5) is 0 Å². The second-order valence-electron chi connectivity index (χ2n) is 7.84. The molecule has 5 heteroatoms. The fraction of sp³-hybridized carbons (Fsp3) is 0.455. The smallest absolute Gasteiger partial charge is 0.228 e. The molecule has 0 fully saturated rings. The Bertz CT molecular complexity index is 902. The maximum Gasteiger partial charge on any atom is 0.228 e. The molecular weight excluding hydrogens is 344 g/mol. The van der Waals surface area contributed by atoms with Crippen molar-refractivity contribution >= 4 is 11.6 Å². The van der Waals surface area contributed by atoms with Crippen molar-refractivity contribution in [3.05, 3.63) is 45.7 Å². The minimum atomic E-state index is -0.455. The average molecular weight is 370 g/mol. The van der Waals surface area contributed by atoms with Gasteiger partial charge in [0.25, 0.3) is 0 Å². The highest BCUT2D eigenvalue weighted by atomic mass is 16.5. The van der Waals surface area contributed by atoms with Gasteiger partial charge >= 0.3 is 0 Å². The first-order valence-electron chi connectivity index (χ1n) is 9.18.